The summed E-state index contributed by atoms with van der Waals surface area (Å²) < 4.78 is 27.8. The molecule has 0 spiro atoms. The second-order valence-corrected chi connectivity index (χ2v) is 7.14. The van der Waals surface area contributed by atoms with E-state index in [-0.39, 0.29) is 6.54 Å². The molecule has 8 heteroatoms. The normalized spacial score (nSPS) is 18.8. The molecule has 0 bridgehead atoms. The molecule has 6 nitrogen and oxygen atoms in total. The molecule has 0 radical (unpaired) electrons. The highest BCUT2D eigenvalue weighted by molar-refractivity contribution is 6.54. The van der Waals surface area contributed by atoms with Crippen molar-refractivity contribution in [2.75, 3.05) is 0 Å². The maximum Gasteiger partial charge on any atom is 0.525 e. The third-order valence-electron chi connectivity index (χ3n) is 4.75. The van der Waals surface area contributed by atoms with E-state index in [1.54, 1.807) is 30.7 Å². The van der Waals surface area contributed by atoms with Gasteiger partial charge in [0.15, 0.2) is 0 Å². The lowest BCUT2D eigenvalue weighted by Crippen LogP contribution is -2.41. The highest BCUT2D eigenvalue weighted by Gasteiger charge is 2.53. The van der Waals surface area contributed by atoms with Gasteiger partial charge in [-0.2, -0.15) is 10.4 Å². The molecule has 1 aliphatic rings. The fourth-order valence-corrected chi connectivity index (χ4v) is 2.60. The Morgan fingerprint density at radius 2 is 1.88 bits per heavy atom. The average molecular weight is 354 g/mol. The zero-order chi connectivity index (χ0) is 18.9. The van der Waals surface area contributed by atoms with Crippen LogP contribution in [0.5, 0.6) is 0 Å². The van der Waals surface area contributed by atoms with E-state index < -0.39 is 24.0 Å². The van der Waals surface area contributed by atoms with Gasteiger partial charge in [0.2, 0.25) is 0 Å². The molecule has 0 amide bonds. The van der Waals surface area contributed by atoms with Crippen LogP contribution < -0.4 is 0 Å². The molecule has 0 N–H and O–H groups in total. The minimum atomic E-state index is -1.08. The molecule has 2 aromatic rings. The summed E-state index contributed by atoms with van der Waals surface area (Å²) in [5.41, 5.74) is 0.0943. The molecular formula is C18H20BFN4O2. The fourth-order valence-electron chi connectivity index (χ4n) is 2.60. The van der Waals surface area contributed by atoms with Crippen molar-refractivity contribution in [3.05, 3.63) is 42.0 Å². The van der Waals surface area contributed by atoms with Crippen molar-refractivity contribution in [3.8, 4) is 17.3 Å². The zero-order valence-electron chi connectivity index (χ0n) is 15.2. The van der Waals surface area contributed by atoms with Gasteiger partial charge in [-0.3, -0.25) is 9.67 Å². The summed E-state index contributed by atoms with van der Waals surface area (Å²) in [6.07, 6.45) is 6.25. The topological polar surface area (TPSA) is 73.0 Å². The Kier molecular flexibility index (Phi) is 4.69. The summed E-state index contributed by atoms with van der Waals surface area (Å²) in [4.78, 5) is 3.98. The highest BCUT2D eigenvalue weighted by Crippen LogP contribution is 2.39. The minimum Gasteiger partial charge on any atom is -0.398 e. The predicted octanol–water partition coefficient (Wildman–Crippen LogP) is 3.41. The monoisotopic (exact) mass is 354 g/mol. The first-order valence-corrected chi connectivity index (χ1v) is 8.31. The van der Waals surface area contributed by atoms with E-state index in [4.69, 9.17) is 14.6 Å². The number of hydrogen-bond donors (Lipinski definition) is 0. The van der Waals surface area contributed by atoms with Crippen molar-refractivity contribution in [2.24, 2.45) is 0 Å². The van der Waals surface area contributed by atoms with Gasteiger partial charge < -0.3 is 9.31 Å². The van der Waals surface area contributed by atoms with E-state index in [0.717, 1.165) is 5.56 Å². The maximum absolute atomic E-state index is 14.9. The van der Waals surface area contributed by atoms with Gasteiger partial charge in [-0.05, 0) is 45.9 Å². The quantitative estimate of drug-likeness (QED) is 0.787. The Bertz CT molecular complexity index is 855. The first-order chi connectivity index (χ1) is 12.2. The molecule has 3 heterocycles. The Morgan fingerprint density at radius 1 is 1.27 bits per heavy atom. The molecule has 134 valence electrons. The number of hydrogen-bond acceptors (Lipinski definition) is 5. The average Bonchev–Trinajstić information content (AvgIpc) is 3.06. The molecule has 1 aliphatic heterocycles. The maximum atomic E-state index is 14.9. The van der Waals surface area contributed by atoms with E-state index in [2.05, 4.69) is 10.1 Å². The molecule has 0 atom stereocenters. The third-order valence-corrected chi connectivity index (χ3v) is 4.75. The number of nitrogens with zero attached hydrogens (tertiary/aromatic N) is 4. The molecular weight excluding hydrogens is 334 g/mol. The number of halogens is 1. The van der Waals surface area contributed by atoms with Crippen LogP contribution in [0.2, 0.25) is 0 Å². The Morgan fingerprint density at radius 3 is 2.46 bits per heavy atom. The second kappa shape index (κ2) is 6.67. The molecule has 0 unspecified atom stereocenters. The summed E-state index contributed by atoms with van der Waals surface area (Å²) >= 11 is 0. The van der Waals surface area contributed by atoms with Gasteiger partial charge in [-0.25, -0.2) is 4.39 Å². The molecule has 0 aromatic carbocycles. The Labute approximate surface area is 152 Å². The van der Waals surface area contributed by atoms with Gasteiger partial charge in [-0.15, -0.1) is 0 Å². The Hall–Kier alpha value is -2.50. The first kappa shape index (κ1) is 18.3. The van der Waals surface area contributed by atoms with Crippen molar-refractivity contribution in [2.45, 2.75) is 45.4 Å². The number of nitriles is 1. The van der Waals surface area contributed by atoms with Gasteiger partial charge in [-0.1, -0.05) is 0 Å². The van der Waals surface area contributed by atoms with Gasteiger partial charge in [0.1, 0.15) is 12.3 Å². The predicted molar refractivity (Wildman–Crippen MR) is 96.2 cm³/mol. The summed E-state index contributed by atoms with van der Waals surface area (Å²) in [7, 11) is -1.08. The van der Waals surface area contributed by atoms with Crippen molar-refractivity contribution in [1.29, 1.82) is 5.26 Å². The molecule has 2 aromatic heterocycles. The molecule has 3 rings (SSSR count). The lowest BCUT2D eigenvalue weighted by Gasteiger charge is -2.32. The number of aromatic nitrogens is 3. The third kappa shape index (κ3) is 3.41. The summed E-state index contributed by atoms with van der Waals surface area (Å²) in [6.45, 7) is 7.55. The van der Waals surface area contributed by atoms with E-state index >= 15 is 0 Å². The van der Waals surface area contributed by atoms with Crippen LogP contribution in [-0.2, 0) is 15.9 Å². The summed E-state index contributed by atoms with van der Waals surface area (Å²) in [5.74, 6) is 0. The van der Waals surface area contributed by atoms with Gasteiger partial charge in [0.05, 0.1) is 23.0 Å². The smallest absolute Gasteiger partial charge is 0.398 e. The van der Waals surface area contributed by atoms with Crippen LogP contribution in [0.1, 0.15) is 33.3 Å². The van der Waals surface area contributed by atoms with Crippen molar-refractivity contribution in [1.82, 2.24) is 14.8 Å². The minimum absolute atomic E-state index is 0.0734. The number of rotatable bonds is 4. The molecule has 26 heavy (non-hydrogen) atoms. The summed E-state index contributed by atoms with van der Waals surface area (Å²) in [5, 5.41) is 13.3. The van der Waals surface area contributed by atoms with Crippen LogP contribution in [0.15, 0.2) is 36.4 Å². The SMILES string of the molecule is CC1(C)OB(C(F)=Cc2cn(CC#N)nc2-c2ccncc2)OC1(C)C. The molecule has 0 saturated carbocycles. The number of pyridine rings is 1. The largest absolute Gasteiger partial charge is 0.525 e. The van der Waals surface area contributed by atoms with Crippen LogP contribution in [0.3, 0.4) is 0 Å². The van der Waals surface area contributed by atoms with Gasteiger partial charge >= 0.3 is 7.12 Å². The lowest BCUT2D eigenvalue weighted by molar-refractivity contribution is 0.00578. The molecule has 1 saturated heterocycles. The first-order valence-electron chi connectivity index (χ1n) is 8.31. The fraction of sp³-hybridized carbons (Fsp3) is 0.389. The zero-order valence-corrected chi connectivity index (χ0v) is 15.2. The van der Waals surface area contributed by atoms with E-state index in [9.17, 15) is 4.39 Å². The van der Waals surface area contributed by atoms with Gasteiger partial charge in [0.25, 0.3) is 0 Å². The van der Waals surface area contributed by atoms with Crippen LogP contribution in [0.25, 0.3) is 17.3 Å². The van der Waals surface area contributed by atoms with Crippen LogP contribution in [0.4, 0.5) is 4.39 Å². The van der Waals surface area contributed by atoms with E-state index in [1.165, 1.54) is 10.8 Å². The summed E-state index contributed by atoms with van der Waals surface area (Å²) in [6, 6.07) is 5.59. The van der Waals surface area contributed by atoms with Gasteiger partial charge in [0, 0.05) is 29.7 Å². The van der Waals surface area contributed by atoms with E-state index in [1.807, 2.05) is 33.8 Å². The molecule has 0 aliphatic carbocycles. The standard InChI is InChI=1S/C18H20BFN4O2/c1-17(2)18(3,4)26-19(25-17)15(20)11-14-12-24(10-7-21)23-16(14)13-5-8-22-9-6-13/h5-6,8-9,11-12H,10H2,1-4H3. The van der Waals surface area contributed by atoms with Crippen LogP contribution in [0, 0.1) is 11.3 Å². The highest BCUT2D eigenvalue weighted by atomic mass is 19.1. The van der Waals surface area contributed by atoms with E-state index in [0.29, 0.717) is 11.3 Å². The van der Waals surface area contributed by atoms with Crippen LogP contribution in [-0.4, -0.2) is 33.1 Å². The van der Waals surface area contributed by atoms with Crippen LogP contribution >= 0.6 is 0 Å². The molecule has 1 fully saturated rings. The van der Waals surface area contributed by atoms with Crippen molar-refractivity contribution in [3.63, 3.8) is 0 Å². The lowest BCUT2D eigenvalue weighted by atomic mass is 9.86. The van der Waals surface area contributed by atoms with Crippen molar-refractivity contribution >= 4 is 13.2 Å². The Balaban J connectivity index is 1.96. The second-order valence-electron chi connectivity index (χ2n) is 7.14. The van der Waals surface area contributed by atoms with Crippen molar-refractivity contribution < 1.29 is 13.7 Å².